The standard InChI is InChI=1S/C37H46N6O6S/c1-7-27-21-42(50(47,48)31-12-10-9-11-30(31)49-27)20-26-17-24(14-13-22(26)3)34(28-15-16-29-35(23(28)4)40-41-43(29)8-2)37(5,6)32(44)18-25(36(39)46)19-33(38)45/h9-17,25,27,34H,7-8,18-21H2,1-6H3,(H2,38,45)(H2,39,46)/t25-,27+,34-/m0/s1. The zero-order valence-electron chi connectivity index (χ0n) is 29.5. The van der Waals surface area contributed by atoms with E-state index in [1.807, 2.05) is 71.9 Å². The number of para-hydroxylation sites is 1. The number of amides is 2. The van der Waals surface area contributed by atoms with E-state index in [0.717, 1.165) is 33.3 Å². The summed E-state index contributed by atoms with van der Waals surface area (Å²) in [6, 6.07) is 16.4. The molecule has 3 aromatic carbocycles. The molecule has 13 heteroatoms. The molecule has 0 fully saturated rings. The van der Waals surface area contributed by atoms with E-state index in [1.165, 1.54) is 4.31 Å². The van der Waals surface area contributed by atoms with Crippen LogP contribution in [-0.2, 0) is 37.5 Å². The maximum atomic E-state index is 14.3. The van der Waals surface area contributed by atoms with Gasteiger partial charge in [0.2, 0.25) is 21.8 Å². The highest BCUT2D eigenvalue weighted by Crippen LogP contribution is 2.46. The number of ketones is 1. The zero-order chi connectivity index (χ0) is 36.5. The molecule has 2 amide bonds. The van der Waals surface area contributed by atoms with E-state index in [4.69, 9.17) is 16.2 Å². The lowest BCUT2D eigenvalue weighted by atomic mass is 9.66. The first-order valence-corrected chi connectivity index (χ1v) is 18.3. The molecule has 5 rings (SSSR count). The first-order chi connectivity index (χ1) is 23.6. The van der Waals surface area contributed by atoms with Gasteiger partial charge in [0, 0.05) is 37.3 Å². The fraction of sp³-hybridized carbons (Fsp3) is 0.432. The average Bonchev–Trinajstić information content (AvgIpc) is 3.45. The van der Waals surface area contributed by atoms with Gasteiger partial charge in [-0.2, -0.15) is 4.31 Å². The van der Waals surface area contributed by atoms with Gasteiger partial charge in [-0.15, -0.1) is 5.10 Å². The van der Waals surface area contributed by atoms with Gasteiger partial charge in [-0.05, 0) is 73.2 Å². The van der Waals surface area contributed by atoms with Crippen LogP contribution in [0.2, 0.25) is 0 Å². The molecule has 1 aliphatic rings. The van der Waals surface area contributed by atoms with E-state index < -0.39 is 39.1 Å². The predicted octanol–water partition coefficient (Wildman–Crippen LogP) is 4.52. The summed E-state index contributed by atoms with van der Waals surface area (Å²) in [6.07, 6.45) is -0.329. The van der Waals surface area contributed by atoms with E-state index in [2.05, 4.69) is 10.3 Å². The second-order valence-corrected chi connectivity index (χ2v) is 15.6. The molecule has 0 radical (unpaired) electrons. The van der Waals surface area contributed by atoms with Crippen molar-refractivity contribution in [1.29, 1.82) is 0 Å². The number of aryl methyl sites for hydroxylation is 3. The number of ether oxygens (including phenoxy) is 1. The molecule has 0 aliphatic carbocycles. The number of primary amides is 2. The summed E-state index contributed by atoms with van der Waals surface area (Å²) < 4.78 is 37.5. The lowest BCUT2D eigenvalue weighted by Gasteiger charge is -2.36. The van der Waals surface area contributed by atoms with Crippen LogP contribution in [0.3, 0.4) is 0 Å². The van der Waals surface area contributed by atoms with Crippen LogP contribution >= 0.6 is 0 Å². The number of nitrogens with two attached hydrogens (primary N) is 2. The number of hydrogen-bond donors (Lipinski definition) is 2. The van der Waals surface area contributed by atoms with Crippen LogP contribution in [0.4, 0.5) is 0 Å². The van der Waals surface area contributed by atoms with Crippen molar-refractivity contribution in [3.63, 3.8) is 0 Å². The lowest BCUT2D eigenvalue weighted by Crippen LogP contribution is -2.38. The number of sulfonamides is 1. The minimum absolute atomic E-state index is 0.0858. The van der Waals surface area contributed by atoms with Gasteiger partial charge < -0.3 is 16.2 Å². The van der Waals surface area contributed by atoms with Crippen molar-refractivity contribution in [2.24, 2.45) is 22.8 Å². The van der Waals surface area contributed by atoms with E-state index >= 15 is 0 Å². The van der Waals surface area contributed by atoms with Crippen molar-refractivity contribution < 1.29 is 27.5 Å². The second-order valence-electron chi connectivity index (χ2n) is 13.7. The molecule has 1 aromatic heterocycles. The summed E-state index contributed by atoms with van der Waals surface area (Å²) in [6.45, 7) is 12.3. The number of carbonyl (C=O) groups excluding carboxylic acids is 3. The van der Waals surface area contributed by atoms with Gasteiger partial charge in [-0.25, -0.2) is 13.1 Å². The van der Waals surface area contributed by atoms with Gasteiger partial charge >= 0.3 is 0 Å². The normalized spacial score (nSPS) is 17.4. The van der Waals surface area contributed by atoms with Crippen molar-refractivity contribution in [2.75, 3.05) is 6.54 Å². The summed E-state index contributed by atoms with van der Waals surface area (Å²) in [4.78, 5) is 38.4. The Morgan fingerprint density at radius 2 is 1.74 bits per heavy atom. The SMILES string of the molecule is CC[C@@H]1CN(Cc2cc([C@@H](c3ccc4c(nnn4CC)c3C)C(C)(C)C(=O)C[C@@H](CC(N)=O)C(N)=O)ccc2C)S(=O)(=O)c2ccccc2O1. The van der Waals surface area contributed by atoms with Crippen molar-refractivity contribution in [3.05, 3.63) is 82.4 Å². The van der Waals surface area contributed by atoms with E-state index in [1.54, 1.807) is 28.9 Å². The molecule has 0 saturated heterocycles. The fourth-order valence-electron chi connectivity index (χ4n) is 6.91. The molecule has 266 valence electrons. The first-order valence-electron chi connectivity index (χ1n) is 16.9. The van der Waals surface area contributed by atoms with Crippen LogP contribution in [0, 0.1) is 25.2 Å². The number of benzene rings is 3. The minimum Gasteiger partial charge on any atom is -0.488 e. The maximum Gasteiger partial charge on any atom is 0.247 e. The second kappa shape index (κ2) is 14.3. The first kappa shape index (κ1) is 36.7. The summed E-state index contributed by atoms with van der Waals surface area (Å²) in [7, 11) is -3.91. The van der Waals surface area contributed by atoms with E-state index in [0.29, 0.717) is 24.2 Å². The van der Waals surface area contributed by atoms with Crippen molar-refractivity contribution in [3.8, 4) is 5.75 Å². The predicted molar refractivity (Wildman–Crippen MR) is 190 cm³/mol. The molecule has 2 heterocycles. The third-order valence-electron chi connectivity index (χ3n) is 9.99. The highest BCUT2D eigenvalue weighted by atomic mass is 32.2. The lowest BCUT2D eigenvalue weighted by molar-refractivity contribution is -0.134. The van der Waals surface area contributed by atoms with E-state index in [9.17, 15) is 22.8 Å². The fourth-order valence-corrected chi connectivity index (χ4v) is 8.48. The Morgan fingerprint density at radius 3 is 2.40 bits per heavy atom. The molecule has 1 aliphatic heterocycles. The number of fused-ring (bicyclic) bond motifs is 2. The molecular formula is C37H46N6O6S. The number of rotatable bonds is 13. The Morgan fingerprint density at radius 1 is 1.02 bits per heavy atom. The topological polar surface area (TPSA) is 181 Å². The Kier molecular flexibility index (Phi) is 10.5. The van der Waals surface area contributed by atoms with Gasteiger partial charge in [0.05, 0.1) is 18.0 Å². The third-order valence-corrected chi connectivity index (χ3v) is 11.8. The Hall–Kier alpha value is -4.62. The van der Waals surface area contributed by atoms with Gasteiger partial charge in [0.15, 0.2) is 0 Å². The molecular weight excluding hydrogens is 657 g/mol. The Labute approximate surface area is 293 Å². The molecule has 4 N–H and O–H groups in total. The van der Waals surface area contributed by atoms with Crippen molar-refractivity contribution >= 4 is 38.7 Å². The van der Waals surface area contributed by atoms with Crippen LogP contribution in [0.1, 0.15) is 80.7 Å². The smallest absolute Gasteiger partial charge is 0.247 e. The number of aromatic nitrogens is 3. The van der Waals surface area contributed by atoms with Crippen LogP contribution in [-0.4, -0.2) is 58.0 Å². The number of nitrogens with zero attached hydrogens (tertiary/aromatic N) is 4. The average molecular weight is 703 g/mol. The summed E-state index contributed by atoms with van der Waals surface area (Å²) >= 11 is 0. The Bertz CT molecular complexity index is 2060. The summed E-state index contributed by atoms with van der Waals surface area (Å²) in [5, 5.41) is 8.76. The Balaban J connectivity index is 1.63. The largest absolute Gasteiger partial charge is 0.488 e. The summed E-state index contributed by atoms with van der Waals surface area (Å²) in [5.74, 6) is -3.05. The number of Topliss-reactive ketones (excluding diaryl/α,β-unsaturated/α-hetero) is 1. The number of hydrogen-bond acceptors (Lipinski definition) is 8. The summed E-state index contributed by atoms with van der Waals surface area (Å²) in [5.41, 5.74) is 15.5. The molecule has 12 nitrogen and oxygen atoms in total. The zero-order valence-corrected chi connectivity index (χ0v) is 30.3. The van der Waals surface area contributed by atoms with Gasteiger partial charge in [-0.3, -0.25) is 14.4 Å². The van der Waals surface area contributed by atoms with Crippen LogP contribution in [0.15, 0.2) is 59.5 Å². The monoisotopic (exact) mass is 702 g/mol. The van der Waals surface area contributed by atoms with Gasteiger partial charge in [0.1, 0.15) is 28.0 Å². The van der Waals surface area contributed by atoms with Crippen LogP contribution < -0.4 is 16.2 Å². The molecule has 3 atom stereocenters. The van der Waals surface area contributed by atoms with Crippen molar-refractivity contribution in [1.82, 2.24) is 19.3 Å². The minimum atomic E-state index is -3.91. The van der Waals surface area contributed by atoms with Gasteiger partial charge in [-0.1, -0.05) is 62.4 Å². The molecule has 0 bridgehead atoms. The molecule has 0 spiro atoms. The van der Waals surface area contributed by atoms with Gasteiger partial charge in [0.25, 0.3) is 0 Å². The highest BCUT2D eigenvalue weighted by molar-refractivity contribution is 7.89. The van der Waals surface area contributed by atoms with Crippen LogP contribution in [0.5, 0.6) is 5.75 Å². The number of carbonyl (C=O) groups is 3. The third kappa shape index (κ3) is 7.02. The molecule has 0 saturated carbocycles. The quantitative estimate of drug-likeness (QED) is 0.204. The van der Waals surface area contributed by atoms with E-state index in [-0.39, 0.29) is 42.7 Å². The molecule has 50 heavy (non-hydrogen) atoms. The highest BCUT2D eigenvalue weighted by Gasteiger charge is 2.42. The maximum absolute atomic E-state index is 14.3. The molecule has 0 unspecified atom stereocenters. The van der Waals surface area contributed by atoms with Crippen molar-refractivity contribution in [2.45, 2.75) is 90.8 Å². The molecule has 4 aromatic rings. The van der Waals surface area contributed by atoms with Crippen LogP contribution in [0.25, 0.3) is 11.0 Å².